The fourth-order valence-electron chi connectivity index (χ4n) is 4.06. The molecule has 0 saturated carbocycles. The van der Waals surface area contributed by atoms with Crippen molar-refractivity contribution in [2.24, 2.45) is 4.99 Å². The lowest BCUT2D eigenvalue weighted by molar-refractivity contribution is 0.0420. The number of rotatable bonds is 10. The molecule has 0 spiro atoms. The molecule has 7 heteroatoms. The minimum atomic E-state index is 0. The van der Waals surface area contributed by atoms with Gasteiger partial charge in [-0.25, -0.2) is 4.99 Å². The molecule has 1 unspecified atom stereocenters. The molecule has 2 aliphatic heterocycles. The SMILES string of the molecule is CCNC(=NCc1cccc(CN2CCCCCC2)c1)NCCCOC1CCOC1.I. The second kappa shape index (κ2) is 15.8. The molecule has 2 fully saturated rings. The molecule has 2 aliphatic rings. The summed E-state index contributed by atoms with van der Waals surface area (Å²) in [4.78, 5) is 7.38. The molecule has 2 saturated heterocycles. The van der Waals surface area contributed by atoms with E-state index < -0.39 is 0 Å². The maximum atomic E-state index is 5.83. The van der Waals surface area contributed by atoms with Gasteiger partial charge in [0.05, 0.1) is 19.3 Å². The lowest BCUT2D eigenvalue weighted by Gasteiger charge is -2.20. The maximum Gasteiger partial charge on any atom is 0.191 e. The molecule has 0 aliphatic carbocycles. The van der Waals surface area contributed by atoms with Crippen LogP contribution in [0.3, 0.4) is 0 Å². The number of ether oxygens (including phenoxy) is 2. The van der Waals surface area contributed by atoms with E-state index in [-0.39, 0.29) is 30.1 Å². The van der Waals surface area contributed by atoms with Crippen LogP contribution in [0.25, 0.3) is 0 Å². The van der Waals surface area contributed by atoms with E-state index in [1.807, 2.05) is 0 Å². The van der Waals surface area contributed by atoms with Crippen LogP contribution < -0.4 is 10.6 Å². The van der Waals surface area contributed by atoms with Gasteiger partial charge in [0.15, 0.2) is 5.96 Å². The first-order valence-corrected chi connectivity index (χ1v) is 11.8. The first-order valence-electron chi connectivity index (χ1n) is 11.8. The Kier molecular flexibility index (Phi) is 13.5. The minimum absolute atomic E-state index is 0. The molecule has 1 aromatic carbocycles. The van der Waals surface area contributed by atoms with Crippen LogP contribution in [0.4, 0.5) is 0 Å². The van der Waals surface area contributed by atoms with E-state index in [0.717, 1.165) is 58.3 Å². The Morgan fingerprint density at radius 1 is 1.16 bits per heavy atom. The third-order valence-corrected chi connectivity index (χ3v) is 5.72. The summed E-state index contributed by atoms with van der Waals surface area (Å²) in [6, 6.07) is 8.91. The Bertz CT molecular complexity index is 630. The second-order valence-electron chi connectivity index (χ2n) is 8.34. The topological polar surface area (TPSA) is 58.1 Å². The highest BCUT2D eigenvalue weighted by Crippen LogP contribution is 2.14. The summed E-state index contributed by atoms with van der Waals surface area (Å²) in [6.07, 6.45) is 7.70. The number of likely N-dealkylation sites (tertiary alicyclic amines) is 1. The zero-order valence-corrected chi connectivity index (χ0v) is 21.4. The molecule has 1 aromatic rings. The van der Waals surface area contributed by atoms with Crippen LogP contribution in [0.2, 0.25) is 0 Å². The van der Waals surface area contributed by atoms with E-state index in [1.54, 1.807) is 0 Å². The molecular weight excluding hydrogens is 503 g/mol. The third kappa shape index (κ3) is 10.5. The largest absolute Gasteiger partial charge is 0.379 e. The summed E-state index contributed by atoms with van der Waals surface area (Å²) in [6.45, 7) is 10.4. The van der Waals surface area contributed by atoms with Crippen LogP contribution >= 0.6 is 24.0 Å². The normalized spacial score (nSPS) is 20.2. The molecule has 31 heavy (non-hydrogen) atoms. The zero-order chi connectivity index (χ0) is 20.9. The summed E-state index contributed by atoms with van der Waals surface area (Å²) < 4.78 is 11.2. The number of benzene rings is 1. The fraction of sp³-hybridized carbons (Fsp3) is 0.708. The first kappa shape index (κ1) is 26.4. The van der Waals surface area contributed by atoms with Gasteiger partial charge in [0.2, 0.25) is 0 Å². The monoisotopic (exact) mass is 544 g/mol. The van der Waals surface area contributed by atoms with Crippen LogP contribution in [0.5, 0.6) is 0 Å². The van der Waals surface area contributed by atoms with Crippen molar-refractivity contribution < 1.29 is 9.47 Å². The van der Waals surface area contributed by atoms with Crippen LogP contribution in [0, 0.1) is 0 Å². The van der Waals surface area contributed by atoms with Crippen molar-refractivity contribution in [2.45, 2.75) is 64.6 Å². The van der Waals surface area contributed by atoms with Crippen LogP contribution in [0.1, 0.15) is 56.6 Å². The molecule has 3 rings (SSSR count). The number of nitrogens with zero attached hydrogens (tertiary/aromatic N) is 2. The lowest BCUT2D eigenvalue weighted by atomic mass is 10.1. The predicted octanol–water partition coefficient (Wildman–Crippen LogP) is 3.93. The summed E-state index contributed by atoms with van der Waals surface area (Å²) in [5.74, 6) is 0.875. The van der Waals surface area contributed by atoms with Crippen molar-refractivity contribution in [1.82, 2.24) is 15.5 Å². The average molecular weight is 545 g/mol. The highest BCUT2D eigenvalue weighted by atomic mass is 127. The van der Waals surface area contributed by atoms with Gasteiger partial charge in [-0.3, -0.25) is 4.90 Å². The number of aliphatic imine (C=N–C) groups is 1. The third-order valence-electron chi connectivity index (χ3n) is 5.72. The lowest BCUT2D eigenvalue weighted by Crippen LogP contribution is -2.38. The van der Waals surface area contributed by atoms with Gasteiger partial charge in [-0.15, -0.1) is 24.0 Å². The molecule has 6 nitrogen and oxygen atoms in total. The van der Waals surface area contributed by atoms with Crippen molar-refractivity contribution in [3.8, 4) is 0 Å². The van der Waals surface area contributed by atoms with E-state index in [2.05, 4.69) is 46.7 Å². The van der Waals surface area contributed by atoms with Gasteiger partial charge < -0.3 is 20.1 Å². The predicted molar refractivity (Wildman–Crippen MR) is 138 cm³/mol. The summed E-state index contributed by atoms with van der Waals surface area (Å²) in [7, 11) is 0. The number of halogens is 1. The molecule has 2 N–H and O–H groups in total. The Balaban J connectivity index is 0.00000341. The van der Waals surface area contributed by atoms with E-state index >= 15 is 0 Å². The number of hydrogen-bond acceptors (Lipinski definition) is 4. The van der Waals surface area contributed by atoms with Gasteiger partial charge in [0.25, 0.3) is 0 Å². The van der Waals surface area contributed by atoms with Crippen LogP contribution in [-0.4, -0.2) is 63.0 Å². The summed E-state index contributed by atoms with van der Waals surface area (Å²) in [5, 5.41) is 6.76. The first-order chi connectivity index (χ1) is 14.8. The quantitative estimate of drug-likeness (QED) is 0.202. The van der Waals surface area contributed by atoms with Crippen molar-refractivity contribution in [3.05, 3.63) is 35.4 Å². The standard InChI is InChI=1S/C24H40N4O2.HI/c1-2-25-24(26-12-8-15-30-23-11-16-29-20-23)27-18-21-9-7-10-22(17-21)19-28-13-5-3-4-6-14-28;/h7,9-10,17,23H,2-6,8,11-16,18-20H2,1H3,(H2,25,26,27);1H. The molecular formula is C24H41IN4O2. The van der Waals surface area contributed by atoms with Crippen LogP contribution in [0.15, 0.2) is 29.3 Å². The van der Waals surface area contributed by atoms with Gasteiger partial charge >= 0.3 is 0 Å². The fourth-order valence-corrected chi connectivity index (χ4v) is 4.06. The van der Waals surface area contributed by atoms with Gasteiger partial charge in [-0.1, -0.05) is 37.1 Å². The van der Waals surface area contributed by atoms with Crippen molar-refractivity contribution in [1.29, 1.82) is 0 Å². The Labute approximate surface area is 205 Å². The van der Waals surface area contributed by atoms with Crippen molar-refractivity contribution in [2.75, 3.05) is 46.0 Å². The average Bonchev–Trinajstić information content (AvgIpc) is 3.15. The number of nitrogens with one attached hydrogen (secondary N) is 2. The van der Waals surface area contributed by atoms with E-state index in [0.29, 0.717) is 6.54 Å². The molecule has 0 bridgehead atoms. The summed E-state index contributed by atoms with van der Waals surface area (Å²) in [5.41, 5.74) is 2.67. The van der Waals surface area contributed by atoms with Gasteiger partial charge in [-0.05, 0) is 56.8 Å². The highest BCUT2D eigenvalue weighted by molar-refractivity contribution is 14.0. The molecule has 0 radical (unpaired) electrons. The van der Waals surface area contributed by atoms with Crippen molar-refractivity contribution >= 4 is 29.9 Å². The van der Waals surface area contributed by atoms with E-state index in [1.165, 1.54) is 49.9 Å². The molecule has 0 amide bonds. The van der Waals surface area contributed by atoms with Gasteiger partial charge in [-0.2, -0.15) is 0 Å². The highest BCUT2D eigenvalue weighted by Gasteiger charge is 2.15. The Morgan fingerprint density at radius 3 is 2.71 bits per heavy atom. The summed E-state index contributed by atoms with van der Waals surface area (Å²) >= 11 is 0. The number of hydrogen-bond donors (Lipinski definition) is 2. The van der Waals surface area contributed by atoms with E-state index in [4.69, 9.17) is 14.5 Å². The molecule has 1 atom stereocenters. The maximum absolute atomic E-state index is 5.83. The van der Waals surface area contributed by atoms with Gasteiger partial charge in [0, 0.05) is 32.8 Å². The molecule has 2 heterocycles. The van der Waals surface area contributed by atoms with Crippen molar-refractivity contribution in [3.63, 3.8) is 0 Å². The Hall–Kier alpha value is -0.900. The molecule has 0 aromatic heterocycles. The number of guanidine groups is 1. The smallest absolute Gasteiger partial charge is 0.191 e. The van der Waals surface area contributed by atoms with E-state index in [9.17, 15) is 0 Å². The molecule has 176 valence electrons. The Morgan fingerprint density at radius 2 is 1.97 bits per heavy atom. The zero-order valence-electron chi connectivity index (χ0n) is 19.1. The van der Waals surface area contributed by atoms with Crippen LogP contribution in [-0.2, 0) is 22.6 Å². The second-order valence-corrected chi connectivity index (χ2v) is 8.34. The van der Waals surface area contributed by atoms with Gasteiger partial charge in [0.1, 0.15) is 0 Å². The minimum Gasteiger partial charge on any atom is -0.379 e.